The van der Waals surface area contributed by atoms with Gasteiger partial charge in [0, 0.05) is 5.39 Å². The topological polar surface area (TPSA) is 42.1 Å². The normalized spacial score (nSPS) is 11.8. The fourth-order valence-electron chi connectivity index (χ4n) is 2.00. The molecular weight excluding hydrogens is 259 g/mol. The number of aromatic nitrogens is 1. The van der Waals surface area contributed by atoms with Crippen molar-refractivity contribution in [2.75, 3.05) is 6.61 Å². The van der Waals surface area contributed by atoms with Gasteiger partial charge >= 0.3 is 12.1 Å². The van der Waals surface area contributed by atoms with E-state index in [1.54, 1.807) is 19.9 Å². The molecule has 6 heteroatoms. The van der Waals surface area contributed by atoms with Crippen molar-refractivity contribution < 1.29 is 22.7 Å². The summed E-state index contributed by atoms with van der Waals surface area (Å²) >= 11 is 0. The Labute approximate surface area is 107 Å². The molecule has 2 rings (SSSR count). The number of para-hydroxylation sites is 1. The molecular formula is C13H12F3NO2. The van der Waals surface area contributed by atoms with Crippen LogP contribution in [0.2, 0.25) is 0 Å². The summed E-state index contributed by atoms with van der Waals surface area (Å²) in [6.07, 6.45) is -4.47. The van der Waals surface area contributed by atoms with E-state index in [4.69, 9.17) is 4.74 Å². The molecule has 1 N–H and O–H groups in total. The van der Waals surface area contributed by atoms with Crippen LogP contribution in [0.25, 0.3) is 10.9 Å². The zero-order chi connectivity index (χ0) is 14.2. The summed E-state index contributed by atoms with van der Waals surface area (Å²) in [6.45, 7) is 3.39. The van der Waals surface area contributed by atoms with Crippen LogP contribution >= 0.6 is 0 Å². The first-order valence-electron chi connectivity index (χ1n) is 5.71. The number of hydrogen-bond acceptors (Lipinski definition) is 2. The van der Waals surface area contributed by atoms with Crippen molar-refractivity contribution in [2.24, 2.45) is 0 Å². The first-order chi connectivity index (χ1) is 8.86. The van der Waals surface area contributed by atoms with Gasteiger partial charge < -0.3 is 9.72 Å². The molecule has 0 saturated carbocycles. The minimum atomic E-state index is -4.47. The van der Waals surface area contributed by atoms with Crippen LogP contribution in [-0.2, 0) is 10.9 Å². The Bertz CT molecular complexity index is 629. The van der Waals surface area contributed by atoms with Gasteiger partial charge in [0.05, 0.1) is 17.7 Å². The number of aryl methyl sites for hydroxylation is 1. The molecule has 0 aliphatic carbocycles. The lowest BCUT2D eigenvalue weighted by atomic mass is 10.1. The van der Waals surface area contributed by atoms with E-state index in [1.165, 1.54) is 6.07 Å². The number of nitrogens with one attached hydrogen (secondary N) is 1. The highest BCUT2D eigenvalue weighted by atomic mass is 19.4. The van der Waals surface area contributed by atoms with Crippen molar-refractivity contribution in [3.63, 3.8) is 0 Å². The minimum absolute atomic E-state index is 0.0635. The van der Waals surface area contributed by atoms with Gasteiger partial charge in [-0.15, -0.1) is 0 Å². The number of carbonyl (C=O) groups excluding carboxylic acids is 1. The first kappa shape index (κ1) is 13.5. The first-order valence-corrected chi connectivity index (χ1v) is 5.71. The lowest BCUT2D eigenvalue weighted by Gasteiger charge is -2.07. The van der Waals surface area contributed by atoms with E-state index < -0.39 is 17.7 Å². The largest absolute Gasteiger partial charge is 0.461 e. The third-order valence-corrected chi connectivity index (χ3v) is 2.88. The Morgan fingerprint density at radius 3 is 2.63 bits per heavy atom. The molecule has 3 nitrogen and oxygen atoms in total. The highest BCUT2D eigenvalue weighted by Gasteiger charge is 2.34. The highest BCUT2D eigenvalue weighted by Crippen LogP contribution is 2.36. The number of hydrogen-bond donors (Lipinski definition) is 1. The number of H-pyrrole nitrogens is 1. The van der Waals surface area contributed by atoms with Crippen molar-refractivity contribution in [2.45, 2.75) is 20.0 Å². The number of rotatable bonds is 2. The number of fused-ring (bicyclic) bond motifs is 1. The molecule has 1 heterocycles. The molecule has 0 spiro atoms. The van der Waals surface area contributed by atoms with Crippen LogP contribution in [0.5, 0.6) is 0 Å². The number of halogens is 3. The SMILES string of the molecule is CCOC(=O)c1[nH]c2c(C(F)(F)F)cccc2c1C. The van der Waals surface area contributed by atoms with Gasteiger partial charge in [-0.1, -0.05) is 12.1 Å². The van der Waals surface area contributed by atoms with Crippen LogP contribution < -0.4 is 0 Å². The maximum Gasteiger partial charge on any atom is 0.418 e. The second-order valence-corrected chi connectivity index (χ2v) is 4.07. The molecule has 0 unspecified atom stereocenters. The molecule has 0 fully saturated rings. The maximum absolute atomic E-state index is 12.9. The predicted octanol–water partition coefficient (Wildman–Crippen LogP) is 3.67. The zero-order valence-electron chi connectivity index (χ0n) is 10.4. The second-order valence-electron chi connectivity index (χ2n) is 4.07. The van der Waals surface area contributed by atoms with Crippen molar-refractivity contribution in [3.05, 3.63) is 35.0 Å². The van der Waals surface area contributed by atoms with E-state index in [-0.39, 0.29) is 17.8 Å². The van der Waals surface area contributed by atoms with Gasteiger partial charge in [0.1, 0.15) is 5.69 Å². The van der Waals surface area contributed by atoms with Gasteiger partial charge in [-0.05, 0) is 25.5 Å². The van der Waals surface area contributed by atoms with Crippen LogP contribution in [0, 0.1) is 6.92 Å². The van der Waals surface area contributed by atoms with Gasteiger partial charge in [-0.2, -0.15) is 13.2 Å². The Morgan fingerprint density at radius 1 is 1.37 bits per heavy atom. The van der Waals surface area contributed by atoms with E-state index in [0.29, 0.717) is 10.9 Å². The monoisotopic (exact) mass is 271 g/mol. The highest BCUT2D eigenvalue weighted by molar-refractivity contribution is 5.99. The van der Waals surface area contributed by atoms with E-state index in [1.807, 2.05) is 0 Å². The number of esters is 1. The quantitative estimate of drug-likeness (QED) is 0.847. The number of ether oxygens (including phenoxy) is 1. The average Bonchev–Trinajstić information content (AvgIpc) is 2.66. The Kier molecular flexibility index (Phi) is 3.26. The summed E-state index contributed by atoms with van der Waals surface area (Å²) in [4.78, 5) is 14.2. The van der Waals surface area contributed by atoms with Crippen molar-refractivity contribution >= 4 is 16.9 Å². The van der Waals surface area contributed by atoms with E-state index in [0.717, 1.165) is 6.07 Å². The van der Waals surface area contributed by atoms with Gasteiger partial charge in [-0.25, -0.2) is 4.79 Å². The number of carbonyl (C=O) groups is 1. The van der Waals surface area contributed by atoms with Crippen LogP contribution in [0.4, 0.5) is 13.2 Å². The van der Waals surface area contributed by atoms with Gasteiger partial charge in [-0.3, -0.25) is 0 Å². The summed E-state index contributed by atoms with van der Waals surface area (Å²) < 4.78 is 43.4. The Morgan fingerprint density at radius 2 is 2.05 bits per heavy atom. The number of alkyl halides is 3. The molecule has 0 atom stereocenters. The molecule has 2 aromatic rings. The Hall–Kier alpha value is -1.98. The minimum Gasteiger partial charge on any atom is -0.461 e. The van der Waals surface area contributed by atoms with Crippen molar-refractivity contribution in [3.8, 4) is 0 Å². The Balaban J connectivity index is 2.66. The standard InChI is InChI=1S/C13H12F3NO2/c1-3-19-12(18)10-7(2)8-5-4-6-9(11(8)17-10)13(14,15)16/h4-6,17H,3H2,1-2H3. The average molecular weight is 271 g/mol. The second kappa shape index (κ2) is 4.60. The summed E-state index contributed by atoms with van der Waals surface area (Å²) in [5.74, 6) is -0.649. The molecule has 0 aliphatic rings. The molecule has 0 radical (unpaired) electrons. The third-order valence-electron chi connectivity index (χ3n) is 2.88. The third kappa shape index (κ3) is 2.30. The molecule has 19 heavy (non-hydrogen) atoms. The van der Waals surface area contributed by atoms with E-state index in [9.17, 15) is 18.0 Å². The molecule has 0 saturated heterocycles. The van der Waals surface area contributed by atoms with E-state index in [2.05, 4.69) is 4.98 Å². The molecule has 0 aliphatic heterocycles. The van der Waals surface area contributed by atoms with Gasteiger partial charge in [0.25, 0.3) is 0 Å². The smallest absolute Gasteiger partial charge is 0.418 e. The van der Waals surface area contributed by atoms with Crippen molar-refractivity contribution in [1.29, 1.82) is 0 Å². The molecule has 102 valence electrons. The number of aromatic amines is 1. The van der Waals surface area contributed by atoms with Gasteiger partial charge in [0.2, 0.25) is 0 Å². The predicted molar refractivity (Wildman–Crippen MR) is 64.0 cm³/mol. The van der Waals surface area contributed by atoms with Crippen LogP contribution in [0.3, 0.4) is 0 Å². The zero-order valence-corrected chi connectivity index (χ0v) is 10.4. The van der Waals surface area contributed by atoms with Crippen LogP contribution in [-0.4, -0.2) is 17.6 Å². The summed E-state index contributed by atoms with van der Waals surface area (Å²) in [5.41, 5.74) is -0.354. The lowest BCUT2D eigenvalue weighted by Crippen LogP contribution is -2.07. The molecule has 1 aromatic carbocycles. The summed E-state index contributed by atoms with van der Waals surface area (Å²) in [5, 5.41) is 0.373. The van der Waals surface area contributed by atoms with Crippen LogP contribution in [0.15, 0.2) is 18.2 Å². The van der Waals surface area contributed by atoms with Gasteiger partial charge in [0.15, 0.2) is 0 Å². The van der Waals surface area contributed by atoms with Crippen molar-refractivity contribution in [1.82, 2.24) is 4.98 Å². The summed E-state index contributed by atoms with van der Waals surface area (Å²) in [7, 11) is 0. The fourth-order valence-corrected chi connectivity index (χ4v) is 2.00. The summed E-state index contributed by atoms with van der Waals surface area (Å²) in [6, 6.07) is 3.84. The van der Waals surface area contributed by atoms with Crippen LogP contribution in [0.1, 0.15) is 28.5 Å². The van der Waals surface area contributed by atoms with E-state index >= 15 is 0 Å². The molecule has 1 aromatic heterocycles. The number of benzene rings is 1. The lowest BCUT2D eigenvalue weighted by molar-refractivity contribution is -0.136. The molecule has 0 bridgehead atoms. The fraction of sp³-hybridized carbons (Fsp3) is 0.308. The maximum atomic E-state index is 12.9. The molecule has 0 amide bonds.